The maximum Gasteiger partial charge on any atom is 0.236 e. The van der Waals surface area contributed by atoms with Crippen LogP contribution in [0.25, 0.3) is 0 Å². The van der Waals surface area contributed by atoms with E-state index in [0.717, 1.165) is 28.0 Å². The van der Waals surface area contributed by atoms with Gasteiger partial charge >= 0.3 is 0 Å². The highest BCUT2D eigenvalue weighted by Gasteiger charge is 2.08. The van der Waals surface area contributed by atoms with E-state index >= 15 is 0 Å². The molecule has 88 valence electrons. The van der Waals surface area contributed by atoms with Gasteiger partial charge in [-0.15, -0.1) is 0 Å². The molecular weight excluding hydrogens is 282 g/mol. The van der Waals surface area contributed by atoms with Crippen LogP contribution in [-0.4, -0.2) is 15.0 Å². The third-order valence-electron chi connectivity index (χ3n) is 2.25. The Kier molecular flexibility index (Phi) is 3.68. The molecule has 0 aliphatic rings. The standard InChI is InChI=1S/C12H12BrN3O/c1-3-10-11(5-4-8(2)16-10)17-12-9(13)6-14-7-15-12/h4-7H,3H2,1-2H3. The van der Waals surface area contributed by atoms with Gasteiger partial charge in [0, 0.05) is 11.9 Å². The summed E-state index contributed by atoms with van der Waals surface area (Å²) in [6, 6.07) is 3.83. The minimum atomic E-state index is 0.500. The molecule has 2 heterocycles. The van der Waals surface area contributed by atoms with Gasteiger partial charge in [0.25, 0.3) is 0 Å². The summed E-state index contributed by atoms with van der Waals surface area (Å²) in [7, 11) is 0. The fourth-order valence-corrected chi connectivity index (χ4v) is 1.73. The molecule has 0 fully saturated rings. The van der Waals surface area contributed by atoms with E-state index in [-0.39, 0.29) is 0 Å². The number of aryl methyl sites for hydroxylation is 2. The number of nitrogens with zero attached hydrogens (tertiary/aromatic N) is 3. The number of hydrogen-bond acceptors (Lipinski definition) is 4. The Hall–Kier alpha value is -1.49. The summed E-state index contributed by atoms with van der Waals surface area (Å²) in [4.78, 5) is 12.4. The van der Waals surface area contributed by atoms with Gasteiger partial charge in [0.15, 0.2) is 5.75 Å². The zero-order valence-electron chi connectivity index (χ0n) is 9.64. The third-order valence-corrected chi connectivity index (χ3v) is 2.79. The molecule has 0 bridgehead atoms. The predicted molar refractivity (Wildman–Crippen MR) is 68.2 cm³/mol. The van der Waals surface area contributed by atoms with E-state index < -0.39 is 0 Å². The van der Waals surface area contributed by atoms with Crippen LogP contribution in [0.15, 0.2) is 29.1 Å². The van der Waals surface area contributed by atoms with Crippen LogP contribution in [-0.2, 0) is 6.42 Å². The number of aromatic nitrogens is 3. The van der Waals surface area contributed by atoms with Crippen LogP contribution >= 0.6 is 15.9 Å². The summed E-state index contributed by atoms with van der Waals surface area (Å²) < 4.78 is 6.45. The first-order valence-electron chi connectivity index (χ1n) is 5.30. The fourth-order valence-electron chi connectivity index (χ4n) is 1.42. The van der Waals surface area contributed by atoms with Gasteiger partial charge in [-0.3, -0.25) is 4.98 Å². The van der Waals surface area contributed by atoms with Crippen molar-refractivity contribution in [2.24, 2.45) is 0 Å². The molecule has 2 rings (SSSR count). The SMILES string of the molecule is CCc1nc(C)ccc1Oc1ncncc1Br. The molecule has 17 heavy (non-hydrogen) atoms. The molecule has 2 aromatic heterocycles. The monoisotopic (exact) mass is 293 g/mol. The van der Waals surface area contributed by atoms with Gasteiger partial charge in [0.1, 0.15) is 6.33 Å². The van der Waals surface area contributed by atoms with Crippen molar-refractivity contribution in [3.05, 3.63) is 40.5 Å². The number of ether oxygens (including phenoxy) is 1. The van der Waals surface area contributed by atoms with Crippen LogP contribution in [0.3, 0.4) is 0 Å². The molecule has 0 saturated heterocycles. The maximum atomic E-state index is 5.73. The molecule has 0 saturated carbocycles. The van der Waals surface area contributed by atoms with Crippen LogP contribution < -0.4 is 4.74 Å². The Balaban J connectivity index is 2.33. The van der Waals surface area contributed by atoms with Crippen LogP contribution in [0.2, 0.25) is 0 Å². The van der Waals surface area contributed by atoms with E-state index in [4.69, 9.17) is 4.74 Å². The summed E-state index contributed by atoms with van der Waals surface area (Å²) in [5, 5.41) is 0. The van der Waals surface area contributed by atoms with Gasteiger partial charge in [-0.1, -0.05) is 6.92 Å². The predicted octanol–water partition coefficient (Wildman–Crippen LogP) is 3.30. The van der Waals surface area contributed by atoms with Crippen molar-refractivity contribution in [2.45, 2.75) is 20.3 Å². The highest BCUT2D eigenvalue weighted by atomic mass is 79.9. The molecule has 2 aromatic rings. The van der Waals surface area contributed by atoms with Crippen LogP contribution in [0.5, 0.6) is 11.6 Å². The van der Waals surface area contributed by atoms with Crippen molar-refractivity contribution < 1.29 is 4.74 Å². The van der Waals surface area contributed by atoms with Crippen molar-refractivity contribution in [1.82, 2.24) is 15.0 Å². The average Bonchev–Trinajstić information content (AvgIpc) is 2.34. The Morgan fingerprint density at radius 3 is 2.88 bits per heavy atom. The van der Waals surface area contributed by atoms with Gasteiger partial charge in [0.2, 0.25) is 5.88 Å². The number of pyridine rings is 1. The fraction of sp³-hybridized carbons (Fsp3) is 0.250. The lowest BCUT2D eigenvalue weighted by Crippen LogP contribution is -1.97. The third kappa shape index (κ3) is 2.79. The Labute approximate surface area is 108 Å². The molecule has 0 aromatic carbocycles. The van der Waals surface area contributed by atoms with E-state index in [9.17, 15) is 0 Å². The summed E-state index contributed by atoms with van der Waals surface area (Å²) in [6.07, 6.45) is 3.92. The van der Waals surface area contributed by atoms with Gasteiger partial charge in [-0.25, -0.2) is 9.97 Å². The molecule has 0 unspecified atom stereocenters. The average molecular weight is 294 g/mol. The van der Waals surface area contributed by atoms with Crippen molar-refractivity contribution in [3.63, 3.8) is 0 Å². The Bertz CT molecular complexity index is 531. The zero-order chi connectivity index (χ0) is 12.3. The first kappa shape index (κ1) is 12.0. The molecule has 0 aliphatic heterocycles. The zero-order valence-corrected chi connectivity index (χ0v) is 11.2. The van der Waals surface area contributed by atoms with Crippen LogP contribution in [0.4, 0.5) is 0 Å². The lowest BCUT2D eigenvalue weighted by molar-refractivity contribution is 0.449. The minimum absolute atomic E-state index is 0.500. The topological polar surface area (TPSA) is 47.9 Å². The van der Waals surface area contributed by atoms with Crippen LogP contribution in [0, 0.1) is 6.92 Å². The largest absolute Gasteiger partial charge is 0.436 e. The van der Waals surface area contributed by atoms with Crippen molar-refractivity contribution >= 4 is 15.9 Å². The molecular formula is C12H12BrN3O. The molecule has 0 N–H and O–H groups in total. The number of halogens is 1. The molecule has 0 atom stereocenters. The number of hydrogen-bond donors (Lipinski definition) is 0. The summed E-state index contributed by atoms with van der Waals surface area (Å²) >= 11 is 3.34. The van der Waals surface area contributed by atoms with Gasteiger partial charge in [-0.05, 0) is 41.4 Å². The van der Waals surface area contributed by atoms with Crippen molar-refractivity contribution in [2.75, 3.05) is 0 Å². The van der Waals surface area contributed by atoms with Gasteiger partial charge < -0.3 is 4.74 Å². The molecule has 0 radical (unpaired) electrons. The Morgan fingerprint density at radius 2 is 2.18 bits per heavy atom. The summed E-state index contributed by atoms with van der Waals surface area (Å²) in [5.41, 5.74) is 1.91. The van der Waals surface area contributed by atoms with E-state index in [1.807, 2.05) is 26.0 Å². The van der Waals surface area contributed by atoms with Gasteiger partial charge in [-0.2, -0.15) is 0 Å². The molecule has 5 heteroatoms. The quantitative estimate of drug-likeness (QED) is 0.871. The van der Waals surface area contributed by atoms with Gasteiger partial charge in [0.05, 0.1) is 10.2 Å². The molecule has 0 aliphatic carbocycles. The first-order chi connectivity index (χ1) is 8.20. The highest BCUT2D eigenvalue weighted by molar-refractivity contribution is 9.10. The normalized spacial score (nSPS) is 10.3. The lowest BCUT2D eigenvalue weighted by Gasteiger charge is -2.09. The molecule has 4 nitrogen and oxygen atoms in total. The van der Waals surface area contributed by atoms with E-state index in [1.54, 1.807) is 6.20 Å². The highest BCUT2D eigenvalue weighted by Crippen LogP contribution is 2.28. The van der Waals surface area contributed by atoms with E-state index in [0.29, 0.717) is 5.88 Å². The summed E-state index contributed by atoms with van der Waals surface area (Å²) in [5.74, 6) is 1.23. The molecule has 0 spiro atoms. The second-order valence-electron chi connectivity index (χ2n) is 3.53. The van der Waals surface area contributed by atoms with E-state index in [1.165, 1.54) is 6.33 Å². The van der Waals surface area contributed by atoms with E-state index in [2.05, 4.69) is 30.9 Å². The van der Waals surface area contributed by atoms with Crippen molar-refractivity contribution in [1.29, 1.82) is 0 Å². The maximum absolute atomic E-state index is 5.73. The molecule has 0 amide bonds. The van der Waals surface area contributed by atoms with Crippen LogP contribution in [0.1, 0.15) is 18.3 Å². The Morgan fingerprint density at radius 1 is 1.35 bits per heavy atom. The number of rotatable bonds is 3. The lowest BCUT2D eigenvalue weighted by atomic mass is 10.2. The smallest absolute Gasteiger partial charge is 0.236 e. The minimum Gasteiger partial charge on any atom is -0.436 e. The second kappa shape index (κ2) is 5.23. The van der Waals surface area contributed by atoms with Crippen molar-refractivity contribution in [3.8, 4) is 11.6 Å². The second-order valence-corrected chi connectivity index (χ2v) is 4.38. The first-order valence-corrected chi connectivity index (χ1v) is 6.10. The summed E-state index contributed by atoms with van der Waals surface area (Å²) in [6.45, 7) is 4.01.